The van der Waals surface area contributed by atoms with Gasteiger partial charge in [0.15, 0.2) is 22.7 Å². The van der Waals surface area contributed by atoms with E-state index in [0.29, 0.717) is 43.5 Å². The minimum absolute atomic E-state index is 0.179. The van der Waals surface area contributed by atoms with Crippen LogP contribution in [0.15, 0.2) is 51.7 Å². The quantitative estimate of drug-likeness (QED) is 0.461. The second-order valence-electron chi connectivity index (χ2n) is 10.1. The minimum atomic E-state index is -0.651. The van der Waals surface area contributed by atoms with Crippen LogP contribution in [0.25, 0.3) is 11.0 Å². The summed E-state index contributed by atoms with van der Waals surface area (Å²) in [5.41, 5.74) is 2.18. The largest absolute Gasteiger partial charge is 0.493 e. The molecular formula is C30H33N3O7. The summed E-state index contributed by atoms with van der Waals surface area (Å²) < 4.78 is 16.1. The molecule has 0 saturated carbocycles. The summed E-state index contributed by atoms with van der Waals surface area (Å²) in [5.74, 6) is 0.208. The van der Waals surface area contributed by atoms with Gasteiger partial charge < -0.3 is 29.0 Å². The highest BCUT2D eigenvalue weighted by Crippen LogP contribution is 2.32. The lowest BCUT2D eigenvalue weighted by molar-refractivity contribution is -0.131. The Morgan fingerprint density at radius 3 is 2.42 bits per heavy atom. The molecule has 0 bridgehead atoms. The van der Waals surface area contributed by atoms with Crippen molar-refractivity contribution in [2.24, 2.45) is 0 Å². The van der Waals surface area contributed by atoms with Crippen LogP contribution in [0.2, 0.25) is 0 Å². The number of fused-ring (bicyclic) bond motifs is 1. The molecule has 10 heteroatoms. The first kappa shape index (κ1) is 27.2. The van der Waals surface area contributed by atoms with Gasteiger partial charge in [-0.2, -0.15) is 0 Å². The second-order valence-corrected chi connectivity index (χ2v) is 10.1. The number of benzene rings is 2. The first-order valence-corrected chi connectivity index (χ1v) is 13.5. The molecule has 3 amide bonds. The number of piperidine rings is 1. The van der Waals surface area contributed by atoms with Crippen LogP contribution in [0.1, 0.15) is 53.3 Å². The van der Waals surface area contributed by atoms with Crippen LogP contribution in [0.3, 0.4) is 0 Å². The number of hydrogen-bond acceptors (Lipinski definition) is 7. The van der Waals surface area contributed by atoms with E-state index in [1.807, 2.05) is 17.0 Å². The highest BCUT2D eigenvalue weighted by Gasteiger charge is 2.27. The predicted molar refractivity (Wildman–Crippen MR) is 148 cm³/mol. The first-order chi connectivity index (χ1) is 19.4. The van der Waals surface area contributed by atoms with E-state index in [-0.39, 0.29) is 35.1 Å². The van der Waals surface area contributed by atoms with E-state index in [0.717, 1.165) is 31.9 Å². The van der Waals surface area contributed by atoms with Gasteiger partial charge in [-0.25, -0.2) is 0 Å². The van der Waals surface area contributed by atoms with Crippen molar-refractivity contribution < 1.29 is 28.3 Å². The lowest BCUT2D eigenvalue weighted by Crippen LogP contribution is -2.44. The number of rotatable bonds is 8. The van der Waals surface area contributed by atoms with Gasteiger partial charge in [0.05, 0.1) is 26.2 Å². The fourth-order valence-corrected chi connectivity index (χ4v) is 5.54. The molecule has 1 N–H and O–H groups in total. The zero-order valence-electron chi connectivity index (χ0n) is 22.7. The zero-order chi connectivity index (χ0) is 28.2. The van der Waals surface area contributed by atoms with E-state index < -0.39 is 11.3 Å². The van der Waals surface area contributed by atoms with Gasteiger partial charge in [0.1, 0.15) is 5.58 Å². The van der Waals surface area contributed by atoms with E-state index >= 15 is 0 Å². The van der Waals surface area contributed by atoms with Crippen LogP contribution in [0.5, 0.6) is 11.5 Å². The van der Waals surface area contributed by atoms with Crippen LogP contribution in [-0.4, -0.2) is 67.9 Å². The van der Waals surface area contributed by atoms with Crippen molar-refractivity contribution in [1.82, 2.24) is 15.1 Å². The summed E-state index contributed by atoms with van der Waals surface area (Å²) >= 11 is 0. The molecule has 1 aromatic heterocycles. The lowest BCUT2D eigenvalue weighted by Gasteiger charge is -2.33. The van der Waals surface area contributed by atoms with Crippen LogP contribution in [0.4, 0.5) is 0 Å². The molecule has 3 aromatic rings. The molecule has 2 aliphatic heterocycles. The lowest BCUT2D eigenvalue weighted by atomic mass is 9.86. The van der Waals surface area contributed by atoms with Crippen LogP contribution in [-0.2, 0) is 16.1 Å². The van der Waals surface area contributed by atoms with Gasteiger partial charge >= 0.3 is 0 Å². The van der Waals surface area contributed by atoms with Gasteiger partial charge in [-0.1, -0.05) is 24.3 Å². The second kappa shape index (κ2) is 11.8. The summed E-state index contributed by atoms with van der Waals surface area (Å²) in [7, 11) is 2.92. The van der Waals surface area contributed by atoms with Gasteiger partial charge in [0, 0.05) is 44.7 Å². The van der Waals surface area contributed by atoms with Gasteiger partial charge in [-0.05, 0) is 42.4 Å². The molecule has 0 spiro atoms. The van der Waals surface area contributed by atoms with Crippen molar-refractivity contribution in [2.45, 2.75) is 38.1 Å². The number of ether oxygens (including phenoxy) is 2. The Balaban J connectivity index is 1.18. The van der Waals surface area contributed by atoms with Crippen molar-refractivity contribution in [3.63, 3.8) is 0 Å². The topological polar surface area (TPSA) is 118 Å². The smallest absolute Gasteiger partial charge is 0.287 e. The van der Waals surface area contributed by atoms with E-state index in [1.165, 1.54) is 37.5 Å². The molecule has 2 aliphatic rings. The molecule has 5 rings (SSSR count). The van der Waals surface area contributed by atoms with E-state index in [4.69, 9.17) is 13.9 Å². The molecule has 10 nitrogen and oxygen atoms in total. The Morgan fingerprint density at radius 1 is 1.00 bits per heavy atom. The summed E-state index contributed by atoms with van der Waals surface area (Å²) in [6.45, 7) is 2.37. The van der Waals surface area contributed by atoms with E-state index in [2.05, 4.69) is 17.4 Å². The molecule has 2 saturated heterocycles. The van der Waals surface area contributed by atoms with E-state index in [1.54, 1.807) is 4.90 Å². The fraction of sp³-hybridized carbons (Fsp3) is 0.400. The third-order valence-corrected chi connectivity index (χ3v) is 7.73. The number of amides is 3. The third-order valence-electron chi connectivity index (χ3n) is 7.73. The minimum Gasteiger partial charge on any atom is -0.493 e. The van der Waals surface area contributed by atoms with Crippen molar-refractivity contribution in [2.75, 3.05) is 40.4 Å². The average molecular weight is 548 g/mol. The summed E-state index contributed by atoms with van der Waals surface area (Å²) in [6.07, 6.45) is 3.14. The average Bonchev–Trinajstić information content (AvgIpc) is 3.39. The predicted octanol–water partition coefficient (Wildman–Crippen LogP) is 3.07. The Kier molecular flexibility index (Phi) is 8.04. The third kappa shape index (κ3) is 5.66. The number of nitrogens with zero attached hydrogens (tertiary/aromatic N) is 2. The number of hydrogen-bond donors (Lipinski definition) is 1. The van der Waals surface area contributed by atoms with Crippen molar-refractivity contribution in [1.29, 1.82) is 0 Å². The van der Waals surface area contributed by atoms with Gasteiger partial charge in [0.25, 0.3) is 5.91 Å². The van der Waals surface area contributed by atoms with Crippen molar-refractivity contribution in [3.05, 3.63) is 69.6 Å². The summed E-state index contributed by atoms with van der Waals surface area (Å²) in [4.78, 5) is 54.0. The Morgan fingerprint density at radius 2 is 1.73 bits per heavy atom. The summed E-state index contributed by atoms with van der Waals surface area (Å²) in [6, 6.07) is 12.3. The Labute approximate surface area is 231 Å². The molecule has 0 aliphatic carbocycles. The Hall–Kier alpha value is -4.34. The molecule has 0 radical (unpaired) electrons. The first-order valence-electron chi connectivity index (χ1n) is 13.5. The van der Waals surface area contributed by atoms with Crippen LogP contribution in [0, 0.1) is 0 Å². The number of nitrogens with one attached hydrogen (secondary N) is 1. The molecule has 2 aromatic carbocycles. The van der Waals surface area contributed by atoms with Crippen LogP contribution < -0.4 is 20.2 Å². The SMILES string of the molecule is COc1cc2oc(C(=O)NCC(=O)N3CCC(c4ccccc4CN4CCCC4=O)CC3)cc(=O)c2cc1OC. The van der Waals surface area contributed by atoms with Crippen molar-refractivity contribution in [3.8, 4) is 11.5 Å². The molecule has 0 unspecified atom stereocenters. The van der Waals surface area contributed by atoms with Gasteiger partial charge in [-0.15, -0.1) is 0 Å². The molecule has 2 fully saturated rings. The van der Waals surface area contributed by atoms with Gasteiger partial charge in [0.2, 0.25) is 11.8 Å². The molecule has 40 heavy (non-hydrogen) atoms. The highest BCUT2D eigenvalue weighted by atomic mass is 16.5. The molecular weight excluding hydrogens is 514 g/mol. The monoisotopic (exact) mass is 547 g/mol. The maximum absolute atomic E-state index is 12.9. The molecule has 3 heterocycles. The summed E-state index contributed by atoms with van der Waals surface area (Å²) in [5, 5.41) is 2.83. The number of likely N-dealkylation sites (tertiary alicyclic amines) is 2. The van der Waals surface area contributed by atoms with E-state index in [9.17, 15) is 19.2 Å². The fourth-order valence-electron chi connectivity index (χ4n) is 5.54. The Bertz CT molecular complexity index is 1490. The zero-order valence-corrected chi connectivity index (χ0v) is 22.7. The molecule has 0 atom stereocenters. The highest BCUT2D eigenvalue weighted by molar-refractivity contribution is 5.95. The molecule has 210 valence electrons. The standard InChI is InChI=1S/C30H33N3O7/c1-38-25-14-22-23(34)15-27(40-24(22)16-26(25)39-2)30(37)31-17-29(36)32-12-9-19(10-13-32)21-7-4-3-6-20(21)18-33-11-5-8-28(33)35/h3-4,6-7,14-16,19H,5,8-13,17-18H2,1-2H3,(H,31,37). The number of methoxy groups -OCH3 is 2. The number of carbonyl (C=O) groups excluding carboxylic acids is 3. The maximum Gasteiger partial charge on any atom is 0.287 e. The van der Waals surface area contributed by atoms with Crippen molar-refractivity contribution >= 4 is 28.7 Å². The van der Waals surface area contributed by atoms with Gasteiger partial charge in [-0.3, -0.25) is 19.2 Å². The van der Waals surface area contributed by atoms with Crippen LogP contribution >= 0.6 is 0 Å². The number of carbonyl (C=O) groups is 3. The maximum atomic E-state index is 12.9. The normalized spacial score (nSPS) is 15.9.